The average Bonchev–Trinajstić information content (AvgIpc) is 2.63. The van der Waals surface area contributed by atoms with Crippen molar-refractivity contribution >= 4 is 0 Å². The van der Waals surface area contributed by atoms with Gasteiger partial charge in [-0.05, 0) is 60.7 Å². The first kappa shape index (κ1) is 12.1. The summed E-state index contributed by atoms with van der Waals surface area (Å²) in [7, 11) is 0. The first-order valence-electron chi connectivity index (χ1n) is 8.15. The third-order valence-electron chi connectivity index (χ3n) is 7.03. The maximum atomic E-state index is 2.66. The summed E-state index contributed by atoms with van der Waals surface area (Å²) in [4.78, 5) is 0. The molecule has 0 N–H and O–H groups in total. The van der Waals surface area contributed by atoms with Crippen LogP contribution in [0.1, 0.15) is 72.1 Å². The number of fused-ring (bicyclic) bond motifs is 3. The van der Waals surface area contributed by atoms with Crippen molar-refractivity contribution in [1.82, 2.24) is 0 Å². The topological polar surface area (TPSA) is 0 Å². The molecule has 0 spiro atoms. The summed E-state index contributed by atoms with van der Waals surface area (Å²) >= 11 is 0. The zero-order valence-electron chi connectivity index (χ0n) is 12.0. The first-order chi connectivity index (χ1) is 8.15. The molecule has 0 heteroatoms. The highest BCUT2D eigenvalue weighted by Crippen LogP contribution is 2.65. The summed E-state index contributed by atoms with van der Waals surface area (Å²) in [5.41, 5.74) is 0.677. The molecule has 3 rings (SSSR count). The maximum absolute atomic E-state index is 2.66. The van der Waals surface area contributed by atoms with Gasteiger partial charge in [0.25, 0.3) is 0 Å². The van der Waals surface area contributed by atoms with Crippen molar-refractivity contribution in [3.05, 3.63) is 0 Å². The zero-order valence-corrected chi connectivity index (χ0v) is 12.0. The highest BCUT2D eigenvalue weighted by molar-refractivity contribution is 5.06. The van der Waals surface area contributed by atoms with Crippen LogP contribution in [-0.2, 0) is 0 Å². The van der Waals surface area contributed by atoms with Gasteiger partial charge in [-0.15, -0.1) is 0 Å². The maximum Gasteiger partial charge on any atom is -0.0241 e. The van der Waals surface area contributed by atoms with E-state index in [9.17, 15) is 0 Å². The van der Waals surface area contributed by atoms with Gasteiger partial charge in [-0.25, -0.2) is 0 Å². The van der Waals surface area contributed by atoms with Gasteiger partial charge in [0.15, 0.2) is 0 Å². The van der Waals surface area contributed by atoms with E-state index >= 15 is 0 Å². The Kier molecular flexibility index (Phi) is 3.04. The van der Waals surface area contributed by atoms with E-state index in [1.54, 1.807) is 25.7 Å². The second-order valence-corrected chi connectivity index (χ2v) is 7.63. The van der Waals surface area contributed by atoms with E-state index in [1.165, 1.54) is 25.7 Å². The number of hydrogen-bond donors (Lipinski definition) is 0. The fraction of sp³-hybridized carbons (Fsp3) is 1.00. The summed E-state index contributed by atoms with van der Waals surface area (Å²) in [5, 5.41) is 0. The van der Waals surface area contributed by atoms with Crippen LogP contribution in [0.3, 0.4) is 0 Å². The quantitative estimate of drug-likeness (QED) is 0.579. The highest BCUT2D eigenvalue weighted by Gasteiger charge is 2.58. The van der Waals surface area contributed by atoms with E-state index in [-0.39, 0.29) is 0 Å². The minimum absolute atomic E-state index is 0.677. The largest absolute Gasteiger partial charge is 0.0622 e. The molecule has 3 fully saturated rings. The second kappa shape index (κ2) is 4.28. The van der Waals surface area contributed by atoms with Crippen LogP contribution in [0.25, 0.3) is 0 Å². The number of hydrogen-bond acceptors (Lipinski definition) is 0. The second-order valence-electron chi connectivity index (χ2n) is 7.63. The molecule has 0 radical (unpaired) electrons. The molecule has 0 saturated heterocycles. The van der Waals surface area contributed by atoms with Crippen molar-refractivity contribution in [2.75, 3.05) is 0 Å². The molecular weight excluding hydrogens is 204 g/mol. The van der Waals surface area contributed by atoms with Crippen molar-refractivity contribution < 1.29 is 0 Å². The van der Waals surface area contributed by atoms with Crippen molar-refractivity contribution in [1.29, 1.82) is 0 Å². The fourth-order valence-corrected chi connectivity index (χ4v) is 6.02. The molecule has 0 aromatic carbocycles. The highest BCUT2D eigenvalue weighted by atomic mass is 14.6. The van der Waals surface area contributed by atoms with Gasteiger partial charge < -0.3 is 0 Å². The van der Waals surface area contributed by atoms with Gasteiger partial charge in [-0.3, -0.25) is 0 Å². The Hall–Kier alpha value is 0. The predicted octanol–water partition coefficient (Wildman–Crippen LogP) is 5.28. The minimum Gasteiger partial charge on any atom is -0.0622 e. The summed E-state index contributed by atoms with van der Waals surface area (Å²) < 4.78 is 0. The van der Waals surface area contributed by atoms with Crippen LogP contribution in [-0.4, -0.2) is 0 Å². The van der Waals surface area contributed by atoms with Crippen LogP contribution >= 0.6 is 0 Å². The third kappa shape index (κ3) is 1.62. The molecule has 0 heterocycles. The lowest BCUT2D eigenvalue weighted by Gasteiger charge is -2.44. The Balaban J connectivity index is 1.95. The molecule has 5 atom stereocenters. The molecule has 0 aliphatic heterocycles. The van der Waals surface area contributed by atoms with Gasteiger partial charge in [0.1, 0.15) is 0 Å². The summed E-state index contributed by atoms with van der Waals surface area (Å²) in [6, 6.07) is 0. The molecule has 17 heavy (non-hydrogen) atoms. The molecule has 0 bridgehead atoms. The van der Waals surface area contributed by atoms with E-state index < -0.39 is 0 Å². The van der Waals surface area contributed by atoms with Crippen molar-refractivity contribution in [3.8, 4) is 0 Å². The van der Waals surface area contributed by atoms with Crippen molar-refractivity contribution in [2.45, 2.75) is 72.1 Å². The van der Waals surface area contributed by atoms with E-state index in [1.807, 2.05) is 0 Å². The van der Waals surface area contributed by atoms with E-state index in [0.717, 1.165) is 29.6 Å². The molecule has 98 valence electrons. The molecule has 3 aliphatic rings. The van der Waals surface area contributed by atoms with Crippen LogP contribution in [0.4, 0.5) is 0 Å². The first-order valence-corrected chi connectivity index (χ1v) is 8.15. The lowest BCUT2D eigenvalue weighted by molar-refractivity contribution is 0.0478. The SMILES string of the molecule is CC(C)C1(C)[C@@H]2CCCC[C@@H]2[C@H]2CCCC[C@@H]21. The van der Waals surface area contributed by atoms with Gasteiger partial charge in [-0.1, -0.05) is 46.5 Å². The Labute approximate surface area is 108 Å². The number of rotatable bonds is 1. The monoisotopic (exact) mass is 234 g/mol. The fourth-order valence-electron chi connectivity index (χ4n) is 6.02. The van der Waals surface area contributed by atoms with Gasteiger partial charge in [0.2, 0.25) is 0 Å². The minimum atomic E-state index is 0.677. The summed E-state index contributed by atoms with van der Waals surface area (Å²) in [6.45, 7) is 7.67. The molecule has 1 unspecified atom stereocenters. The Morgan fingerprint density at radius 2 is 1.18 bits per heavy atom. The average molecular weight is 234 g/mol. The zero-order chi connectivity index (χ0) is 12.0. The Morgan fingerprint density at radius 3 is 1.59 bits per heavy atom. The Morgan fingerprint density at radius 1 is 0.765 bits per heavy atom. The Bertz CT molecular complexity index is 256. The molecular formula is C17H30. The predicted molar refractivity (Wildman–Crippen MR) is 73.8 cm³/mol. The smallest absolute Gasteiger partial charge is 0.0241 e. The molecule has 3 saturated carbocycles. The van der Waals surface area contributed by atoms with Crippen molar-refractivity contribution in [3.63, 3.8) is 0 Å². The van der Waals surface area contributed by atoms with Crippen LogP contribution in [0.15, 0.2) is 0 Å². The molecule has 0 aromatic rings. The van der Waals surface area contributed by atoms with E-state index in [4.69, 9.17) is 0 Å². The van der Waals surface area contributed by atoms with Crippen LogP contribution in [0, 0.1) is 35.0 Å². The molecule has 3 aliphatic carbocycles. The van der Waals surface area contributed by atoms with E-state index in [2.05, 4.69) is 20.8 Å². The summed E-state index contributed by atoms with van der Waals surface area (Å²) in [6.07, 6.45) is 12.3. The van der Waals surface area contributed by atoms with Gasteiger partial charge in [0.05, 0.1) is 0 Å². The normalized spacial score (nSPS) is 50.1. The lowest BCUT2D eigenvalue weighted by Crippen LogP contribution is -2.37. The lowest BCUT2D eigenvalue weighted by atomic mass is 9.61. The van der Waals surface area contributed by atoms with E-state index in [0.29, 0.717) is 5.41 Å². The standard InChI is InChI=1S/C17H30/c1-12(2)17(3)15-10-6-4-8-13(15)14-9-5-7-11-16(14)17/h12-16H,4-11H2,1-3H3/t13-,14-,15-,16+,17?/m1/s1. The van der Waals surface area contributed by atoms with Gasteiger partial charge in [-0.2, -0.15) is 0 Å². The van der Waals surface area contributed by atoms with Crippen LogP contribution in [0.5, 0.6) is 0 Å². The van der Waals surface area contributed by atoms with Crippen molar-refractivity contribution in [2.24, 2.45) is 35.0 Å². The van der Waals surface area contributed by atoms with Crippen LogP contribution < -0.4 is 0 Å². The van der Waals surface area contributed by atoms with Crippen LogP contribution in [0.2, 0.25) is 0 Å². The van der Waals surface area contributed by atoms with Gasteiger partial charge in [0, 0.05) is 0 Å². The third-order valence-corrected chi connectivity index (χ3v) is 7.03. The molecule has 0 nitrogen and oxygen atoms in total. The molecule has 0 aromatic heterocycles. The van der Waals surface area contributed by atoms with Gasteiger partial charge >= 0.3 is 0 Å². The molecule has 0 amide bonds. The summed E-state index contributed by atoms with van der Waals surface area (Å²) in [5.74, 6) is 5.26.